The van der Waals surface area contributed by atoms with Crippen LogP contribution in [0.3, 0.4) is 0 Å². The smallest absolute Gasteiger partial charge is 0.305 e. The van der Waals surface area contributed by atoms with Gasteiger partial charge in [-0.2, -0.15) is 5.26 Å². The number of Topliss-reactive ketones (excluding diaryl/α,β-unsaturated/α-hetero) is 1. The second-order valence-corrected chi connectivity index (χ2v) is 16.2. The molecule has 0 radical (unpaired) electrons. The molecule has 41 heavy (non-hydrogen) atoms. The number of ether oxygens (including phenoxy) is 1. The lowest BCUT2D eigenvalue weighted by Crippen LogP contribution is -2.56. The molecular formula is C36H55NO4. The van der Waals surface area contributed by atoms with E-state index in [1.54, 1.807) is 6.92 Å². The summed E-state index contributed by atoms with van der Waals surface area (Å²) in [5.41, 5.74) is -0.0791. The van der Waals surface area contributed by atoms with Crippen LogP contribution in [0.2, 0.25) is 0 Å². The van der Waals surface area contributed by atoms with E-state index in [9.17, 15) is 19.6 Å². The first-order valence-electron chi connectivity index (χ1n) is 15.7. The maximum atomic E-state index is 13.3. The average molecular weight is 566 g/mol. The fourth-order valence-electron chi connectivity index (χ4n) is 9.25. The normalized spacial score (nSPS) is 35.7. The summed E-state index contributed by atoms with van der Waals surface area (Å²) < 4.78 is 5.04. The minimum atomic E-state index is -0.682. The van der Waals surface area contributed by atoms with Crippen molar-refractivity contribution in [3.05, 3.63) is 23.3 Å². The van der Waals surface area contributed by atoms with Crippen molar-refractivity contribution in [3.63, 3.8) is 0 Å². The van der Waals surface area contributed by atoms with Gasteiger partial charge in [0, 0.05) is 17.3 Å². The number of carbonyl (C=O) groups excluding carboxylic acids is 3. The molecule has 0 bridgehead atoms. The van der Waals surface area contributed by atoms with Gasteiger partial charge in [-0.25, -0.2) is 0 Å². The molecule has 0 saturated heterocycles. The highest BCUT2D eigenvalue weighted by Gasteiger charge is 2.61. The van der Waals surface area contributed by atoms with E-state index in [1.807, 2.05) is 26.0 Å². The first-order valence-corrected chi connectivity index (χ1v) is 15.7. The van der Waals surface area contributed by atoms with Gasteiger partial charge in [0.05, 0.1) is 12.7 Å². The van der Waals surface area contributed by atoms with E-state index in [0.717, 1.165) is 56.9 Å². The summed E-state index contributed by atoms with van der Waals surface area (Å²) in [6.07, 6.45) is 12.1. The summed E-state index contributed by atoms with van der Waals surface area (Å²) in [6.45, 7) is 21.8. The monoisotopic (exact) mass is 565 g/mol. The van der Waals surface area contributed by atoms with Gasteiger partial charge in [-0.3, -0.25) is 14.4 Å². The van der Waals surface area contributed by atoms with Crippen LogP contribution in [0.1, 0.15) is 127 Å². The van der Waals surface area contributed by atoms with E-state index in [1.165, 1.54) is 7.11 Å². The predicted octanol–water partition coefficient (Wildman–Crippen LogP) is 8.58. The molecule has 5 atom stereocenters. The molecule has 0 spiro atoms. The molecule has 0 heterocycles. The minimum absolute atomic E-state index is 0.00296. The Hall–Kier alpha value is -2.22. The molecule has 3 aliphatic rings. The lowest BCUT2D eigenvalue weighted by molar-refractivity contribution is -0.142. The van der Waals surface area contributed by atoms with E-state index in [0.29, 0.717) is 17.8 Å². The maximum absolute atomic E-state index is 13.3. The first kappa shape index (κ1) is 33.3. The van der Waals surface area contributed by atoms with Crippen molar-refractivity contribution < 1.29 is 19.1 Å². The van der Waals surface area contributed by atoms with Crippen molar-refractivity contribution in [2.75, 3.05) is 7.11 Å². The highest BCUT2D eigenvalue weighted by atomic mass is 16.5. The molecular weight excluding hydrogens is 510 g/mol. The van der Waals surface area contributed by atoms with Crippen LogP contribution in [0.4, 0.5) is 0 Å². The van der Waals surface area contributed by atoms with Gasteiger partial charge in [-0.15, -0.1) is 0 Å². The zero-order chi connectivity index (χ0) is 31.2. The van der Waals surface area contributed by atoms with Gasteiger partial charge in [-0.1, -0.05) is 74.0 Å². The maximum Gasteiger partial charge on any atom is 0.305 e. The molecule has 2 saturated carbocycles. The van der Waals surface area contributed by atoms with Gasteiger partial charge in [0.1, 0.15) is 6.07 Å². The van der Waals surface area contributed by atoms with Crippen LogP contribution < -0.4 is 0 Å². The molecule has 0 aromatic carbocycles. The van der Waals surface area contributed by atoms with Gasteiger partial charge in [0.2, 0.25) is 0 Å². The second kappa shape index (κ2) is 11.1. The zero-order valence-electron chi connectivity index (χ0n) is 27.8. The molecule has 0 N–H and O–H groups in total. The Labute approximate surface area is 249 Å². The van der Waals surface area contributed by atoms with Crippen LogP contribution >= 0.6 is 0 Å². The number of allylic oxidation sites excluding steroid dienone is 4. The molecule has 3 aliphatic carbocycles. The van der Waals surface area contributed by atoms with Crippen LogP contribution in [0.25, 0.3) is 0 Å². The van der Waals surface area contributed by atoms with E-state index < -0.39 is 10.8 Å². The van der Waals surface area contributed by atoms with Crippen molar-refractivity contribution in [1.82, 2.24) is 0 Å². The summed E-state index contributed by atoms with van der Waals surface area (Å²) >= 11 is 0. The molecule has 3 rings (SSSR count). The Morgan fingerprint density at radius 2 is 1.73 bits per heavy atom. The number of ketones is 2. The fourth-order valence-corrected chi connectivity index (χ4v) is 9.25. The average Bonchev–Trinajstić information content (AvgIpc) is 2.87. The molecule has 2 fully saturated rings. The molecule has 5 nitrogen and oxygen atoms in total. The third-order valence-corrected chi connectivity index (χ3v) is 12.4. The van der Waals surface area contributed by atoms with Gasteiger partial charge < -0.3 is 4.74 Å². The van der Waals surface area contributed by atoms with Crippen LogP contribution in [-0.2, 0) is 19.1 Å². The minimum Gasteiger partial charge on any atom is -0.469 e. The molecule has 5 heteroatoms. The van der Waals surface area contributed by atoms with Crippen LogP contribution in [0, 0.1) is 55.7 Å². The number of methoxy groups -OCH3 is 1. The van der Waals surface area contributed by atoms with E-state index in [-0.39, 0.29) is 45.3 Å². The summed E-state index contributed by atoms with van der Waals surface area (Å²) in [5, 5.41) is 9.92. The fraction of sp³-hybridized carbons (Fsp3) is 0.778. The number of hydrogen-bond donors (Lipinski definition) is 0. The third kappa shape index (κ3) is 5.87. The van der Waals surface area contributed by atoms with Crippen LogP contribution in [0.5, 0.6) is 0 Å². The van der Waals surface area contributed by atoms with E-state index in [4.69, 9.17) is 4.74 Å². The van der Waals surface area contributed by atoms with Crippen molar-refractivity contribution in [1.29, 1.82) is 5.26 Å². The largest absolute Gasteiger partial charge is 0.469 e. The van der Waals surface area contributed by atoms with Crippen LogP contribution in [-0.4, -0.2) is 24.6 Å². The predicted molar refractivity (Wildman–Crippen MR) is 164 cm³/mol. The van der Waals surface area contributed by atoms with Crippen molar-refractivity contribution >= 4 is 17.5 Å². The standard InChI is InChI=1S/C36H55NO4/c1-24-21-31(3,4)16-18-36(24,15-13-29(39)41-11)19-17-32(5,6)35(10)14-12-27-33(7,8)30(40)26(23-37)22-34(27,9)28(35)20-25(2)38/h20,22,24,27H,12-19,21H2,1-11H3/b28-20-/t24?,27-,34-,35+,36+/m0/s1. The topological polar surface area (TPSA) is 84.2 Å². The van der Waals surface area contributed by atoms with Gasteiger partial charge >= 0.3 is 5.97 Å². The SMILES string of the molecule is COC(=O)CC[C@]1(CCC(C)(C)[C@]2(C)CC[C@H]3C(C)(C)C(=O)C(C#N)=C[C@]3(C)/C2=C/C(C)=O)CCC(C)(C)CC1C. The van der Waals surface area contributed by atoms with Crippen molar-refractivity contribution in [2.24, 2.45) is 44.3 Å². The Balaban J connectivity index is 2.05. The lowest BCUT2D eigenvalue weighted by atomic mass is 9.42. The number of carbonyl (C=O) groups is 3. The number of esters is 1. The molecule has 0 aliphatic heterocycles. The summed E-state index contributed by atoms with van der Waals surface area (Å²) in [7, 11) is 1.47. The Morgan fingerprint density at radius 1 is 1.10 bits per heavy atom. The Bertz CT molecular complexity index is 1180. The zero-order valence-corrected chi connectivity index (χ0v) is 27.8. The van der Waals surface area contributed by atoms with Gasteiger partial charge in [0.25, 0.3) is 0 Å². The van der Waals surface area contributed by atoms with Gasteiger partial charge in [0.15, 0.2) is 11.6 Å². The third-order valence-electron chi connectivity index (χ3n) is 12.4. The summed E-state index contributed by atoms with van der Waals surface area (Å²) in [4.78, 5) is 38.3. The van der Waals surface area contributed by atoms with Crippen molar-refractivity contribution in [2.45, 2.75) is 127 Å². The number of hydrogen-bond acceptors (Lipinski definition) is 5. The number of rotatable bonds is 8. The number of nitrogens with zero attached hydrogens (tertiary/aromatic N) is 1. The quantitative estimate of drug-likeness (QED) is 0.217. The lowest BCUT2D eigenvalue weighted by Gasteiger charge is -2.61. The number of nitriles is 1. The Kier molecular flexibility index (Phi) is 9.03. The molecule has 0 amide bonds. The molecule has 0 aromatic heterocycles. The number of fused-ring (bicyclic) bond motifs is 1. The van der Waals surface area contributed by atoms with E-state index in [2.05, 4.69) is 54.5 Å². The summed E-state index contributed by atoms with van der Waals surface area (Å²) in [5.74, 6) is 0.282. The Morgan fingerprint density at radius 3 is 2.27 bits per heavy atom. The highest BCUT2D eigenvalue weighted by Crippen LogP contribution is 2.67. The molecule has 228 valence electrons. The van der Waals surface area contributed by atoms with Crippen LogP contribution in [0.15, 0.2) is 23.3 Å². The molecule has 0 aromatic rings. The van der Waals surface area contributed by atoms with Crippen molar-refractivity contribution in [3.8, 4) is 6.07 Å². The van der Waals surface area contributed by atoms with E-state index >= 15 is 0 Å². The van der Waals surface area contributed by atoms with Gasteiger partial charge in [-0.05, 0) is 97.9 Å². The highest BCUT2D eigenvalue weighted by molar-refractivity contribution is 6.04. The first-order chi connectivity index (χ1) is 18.7. The summed E-state index contributed by atoms with van der Waals surface area (Å²) in [6, 6.07) is 2.18. The molecule has 1 unspecified atom stereocenters. The second-order valence-electron chi connectivity index (χ2n) is 16.2.